The summed E-state index contributed by atoms with van der Waals surface area (Å²) < 4.78 is 1.23. The maximum absolute atomic E-state index is 12.3. The molecule has 0 bridgehead atoms. The monoisotopic (exact) mass is 316 g/mol. The number of hydrogen-bond donors (Lipinski definition) is 0. The van der Waals surface area contributed by atoms with Crippen LogP contribution in [-0.4, -0.2) is 25.8 Å². The molecular formula is C16H20N4OS. The van der Waals surface area contributed by atoms with Crippen LogP contribution in [0.4, 0.5) is 0 Å². The van der Waals surface area contributed by atoms with Crippen LogP contribution < -0.4 is 5.56 Å². The predicted molar refractivity (Wildman–Crippen MR) is 90.8 cm³/mol. The molecule has 5 nitrogen and oxygen atoms in total. The highest BCUT2D eigenvalue weighted by molar-refractivity contribution is 8.00. The lowest BCUT2D eigenvalue weighted by Crippen LogP contribution is -2.25. The number of hydrogen-bond acceptors (Lipinski definition) is 5. The molecule has 0 aliphatic rings. The van der Waals surface area contributed by atoms with E-state index in [1.165, 1.54) is 22.0 Å². The zero-order chi connectivity index (χ0) is 16.3. The lowest BCUT2D eigenvalue weighted by Gasteiger charge is -2.17. The van der Waals surface area contributed by atoms with E-state index in [4.69, 9.17) is 0 Å². The number of nitrogens with zero attached hydrogens (tertiary/aromatic N) is 4. The van der Waals surface area contributed by atoms with Crippen LogP contribution in [0.3, 0.4) is 0 Å². The standard InChI is InChI=1S/C16H20N4OS/c1-11-6-8-13(9-7-11)10-17-20-14(21)12(2)18-19-15(20)22-16(3,4)5/h6-10H,1-5H3/b17-10-. The first-order chi connectivity index (χ1) is 10.3. The van der Waals surface area contributed by atoms with Gasteiger partial charge < -0.3 is 0 Å². The molecule has 22 heavy (non-hydrogen) atoms. The van der Waals surface area contributed by atoms with Crippen LogP contribution in [0.2, 0.25) is 0 Å². The number of rotatable bonds is 3. The molecule has 6 heteroatoms. The van der Waals surface area contributed by atoms with Gasteiger partial charge in [0.05, 0.1) is 6.21 Å². The summed E-state index contributed by atoms with van der Waals surface area (Å²) in [6.45, 7) is 9.82. The molecule has 1 aromatic carbocycles. The molecule has 0 fully saturated rings. The van der Waals surface area contributed by atoms with Crippen molar-refractivity contribution in [1.82, 2.24) is 14.9 Å². The Morgan fingerprint density at radius 3 is 2.36 bits per heavy atom. The molecule has 0 unspecified atom stereocenters. The quantitative estimate of drug-likeness (QED) is 0.645. The van der Waals surface area contributed by atoms with Crippen molar-refractivity contribution in [2.45, 2.75) is 44.5 Å². The summed E-state index contributed by atoms with van der Waals surface area (Å²) in [4.78, 5) is 12.3. The van der Waals surface area contributed by atoms with E-state index in [-0.39, 0.29) is 10.3 Å². The topological polar surface area (TPSA) is 60.1 Å². The molecule has 0 saturated carbocycles. The van der Waals surface area contributed by atoms with Crippen LogP contribution in [0, 0.1) is 13.8 Å². The van der Waals surface area contributed by atoms with E-state index in [1.807, 2.05) is 31.2 Å². The number of thioether (sulfide) groups is 1. The van der Waals surface area contributed by atoms with Gasteiger partial charge >= 0.3 is 0 Å². The van der Waals surface area contributed by atoms with Crippen molar-refractivity contribution in [3.05, 3.63) is 51.4 Å². The van der Waals surface area contributed by atoms with Gasteiger partial charge in [-0.15, -0.1) is 10.2 Å². The SMILES string of the molecule is Cc1ccc(/C=N\n2c(SC(C)(C)C)nnc(C)c2=O)cc1. The third kappa shape index (κ3) is 4.27. The van der Waals surface area contributed by atoms with Gasteiger partial charge in [0.25, 0.3) is 5.56 Å². The van der Waals surface area contributed by atoms with Gasteiger partial charge in [0.15, 0.2) is 0 Å². The normalized spacial score (nSPS) is 12.0. The Morgan fingerprint density at radius 2 is 1.77 bits per heavy atom. The lowest BCUT2D eigenvalue weighted by molar-refractivity contribution is 0.627. The van der Waals surface area contributed by atoms with Gasteiger partial charge in [0.1, 0.15) is 5.69 Å². The molecule has 2 aromatic rings. The molecule has 116 valence electrons. The fraction of sp³-hybridized carbons (Fsp3) is 0.375. The molecule has 0 N–H and O–H groups in total. The summed E-state index contributed by atoms with van der Waals surface area (Å²) in [7, 11) is 0. The maximum atomic E-state index is 12.3. The zero-order valence-corrected chi connectivity index (χ0v) is 14.3. The van der Waals surface area contributed by atoms with Gasteiger partial charge in [-0.3, -0.25) is 4.79 Å². The molecule has 1 aromatic heterocycles. The van der Waals surface area contributed by atoms with Crippen LogP contribution in [0.25, 0.3) is 0 Å². The summed E-state index contributed by atoms with van der Waals surface area (Å²) in [5.74, 6) is 0. The van der Waals surface area contributed by atoms with Crippen molar-refractivity contribution in [2.24, 2.45) is 5.10 Å². The van der Waals surface area contributed by atoms with E-state index in [1.54, 1.807) is 13.1 Å². The molecule has 0 amide bonds. The Bertz CT molecular complexity index is 742. The van der Waals surface area contributed by atoms with E-state index in [0.29, 0.717) is 10.9 Å². The van der Waals surface area contributed by atoms with E-state index < -0.39 is 0 Å². The molecule has 0 atom stereocenters. The Hall–Kier alpha value is -1.95. The summed E-state index contributed by atoms with van der Waals surface area (Å²) in [5, 5.41) is 12.8. The molecular weight excluding hydrogens is 296 g/mol. The fourth-order valence-corrected chi connectivity index (χ4v) is 2.51. The summed E-state index contributed by atoms with van der Waals surface area (Å²) in [5.41, 5.74) is 2.20. The first kappa shape index (κ1) is 16.4. The van der Waals surface area contributed by atoms with Gasteiger partial charge in [-0.25, -0.2) is 0 Å². The van der Waals surface area contributed by atoms with Crippen LogP contribution in [-0.2, 0) is 0 Å². The minimum atomic E-state index is -0.245. The molecule has 0 aliphatic heterocycles. The Kier molecular flexibility index (Phi) is 4.81. The predicted octanol–water partition coefficient (Wildman–Crippen LogP) is 3.03. The van der Waals surface area contributed by atoms with Crippen LogP contribution in [0.1, 0.15) is 37.6 Å². The second kappa shape index (κ2) is 6.44. The molecule has 0 spiro atoms. The van der Waals surface area contributed by atoms with Gasteiger partial charge in [0.2, 0.25) is 5.16 Å². The average Bonchev–Trinajstić information content (AvgIpc) is 2.43. The fourth-order valence-electron chi connectivity index (χ4n) is 1.66. The van der Waals surface area contributed by atoms with Crippen molar-refractivity contribution in [3.8, 4) is 0 Å². The molecule has 0 radical (unpaired) electrons. The van der Waals surface area contributed by atoms with Crippen LogP contribution in [0.15, 0.2) is 39.3 Å². The number of aryl methyl sites for hydroxylation is 2. The Balaban J connectivity index is 2.42. The van der Waals surface area contributed by atoms with Gasteiger partial charge in [0, 0.05) is 4.75 Å². The molecule has 0 aliphatic carbocycles. The molecule has 0 saturated heterocycles. The van der Waals surface area contributed by atoms with Crippen molar-refractivity contribution >= 4 is 18.0 Å². The highest BCUT2D eigenvalue weighted by atomic mass is 32.2. The number of aromatic nitrogens is 3. The third-order valence-electron chi connectivity index (χ3n) is 2.77. The summed E-state index contributed by atoms with van der Waals surface area (Å²) >= 11 is 1.46. The first-order valence-corrected chi connectivity index (χ1v) is 7.84. The van der Waals surface area contributed by atoms with Gasteiger partial charge in [-0.2, -0.15) is 9.78 Å². The van der Waals surface area contributed by atoms with E-state index in [9.17, 15) is 4.79 Å². The second-order valence-corrected chi connectivity index (χ2v) is 7.85. The van der Waals surface area contributed by atoms with Crippen LogP contribution in [0.5, 0.6) is 0 Å². The highest BCUT2D eigenvalue weighted by Gasteiger charge is 2.18. The van der Waals surface area contributed by atoms with E-state index >= 15 is 0 Å². The van der Waals surface area contributed by atoms with Gasteiger partial charge in [-0.05, 0) is 19.4 Å². The average molecular weight is 316 g/mol. The zero-order valence-electron chi connectivity index (χ0n) is 13.5. The minimum absolute atomic E-state index is 0.0858. The second-order valence-electron chi connectivity index (χ2n) is 6.05. The van der Waals surface area contributed by atoms with Crippen molar-refractivity contribution in [2.75, 3.05) is 0 Å². The summed E-state index contributed by atoms with van der Waals surface area (Å²) in [6.07, 6.45) is 1.66. The number of benzene rings is 1. The smallest absolute Gasteiger partial charge is 0.265 e. The maximum Gasteiger partial charge on any atom is 0.296 e. The lowest BCUT2D eigenvalue weighted by atomic mass is 10.2. The first-order valence-electron chi connectivity index (χ1n) is 7.03. The minimum Gasteiger partial charge on any atom is -0.265 e. The Morgan fingerprint density at radius 1 is 1.14 bits per heavy atom. The van der Waals surface area contributed by atoms with E-state index in [2.05, 4.69) is 36.1 Å². The largest absolute Gasteiger partial charge is 0.296 e. The van der Waals surface area contributed by atoms with Crippen molar-refractivity contribution < 1.29 is 0 Å². The van der Waals surface area contributed by atoms with Crippen LogP contribution >= 0.6 is 11.8 Å². The highest BCUT2D eigenvalue weighted by Crippen LogP contribution is 2.29. The summed E-state index contributed by atoms with van der Waals surface area (Å²) in [6, 6.07) is 7.93. The molecule has 2 rings (SSSR count). The van der Waals surface area contributed by atoms with Crippen molar-refractivity contribution in [1.29, 1.82) is 0 Å². The Labute approximate surface area is 134 Å². The van der Waals surface area contributed by atoms with E-state index in [0.717, 1.165) is 5.56 Å². The third-order valence-corrected chi connectivity index (χ3v) is 3.82. The van der Waals surface area contributed by atoms with Crippen molar-refractivity contribution in [3.63, 3.8) is 0 Å². The molecule has 1 heterocycles. The van der Waals surface area contributed by atoms with Gasteiger partial charge in [-0.1, -0.05) is 62.4 Å².